The molecule has 0 bridgehead atoms. The van der Waals surface area contributed by atoms with Crippen LogP contribution < -0.4 is 4.74 Å². The summed E-state index contributed by atoms with van der Waals surface area (Å²) in [5.41, 5.74) is 0.655. The van der Waals surface area contributed by atoms with Gasteiger partial charge in [0.15, 0.2) is 0 Å². The van der Waals surface area contributed by atoms with E-state index < -0.39 is 9.05 Å². The topological polar surface area (TPSA) is 43.4 Å². The van der Waals surface area contributed by atoms with Crippen molar-refractivity contribution < 1.29 is 17.5 Å². The molecule has 0 saturated carbocycles. The van der Waals surface area contributed by atoms with E-state index in [9.17, 15) is 12.8 Å². The maximum atomic E-state index is 13.1. The standard InChI is InChI=1S/C13H8Br2ClFO3S/c14-11-5-10(21(16,18)19)6-12(15)13(11)20-7-8-2-1-3-9(17)4-8/h1-6H,7H2. The molecule has 0 atom stereocenters. The van der Waals surface area contributed by atoms with Crippen molar-refractivity contribution in [3.8, 4) is 5.75 Å². The summed E-state index contributed by atoms with van der Waals surface area (Å²) in [5, 5.41) is 0. The smallest absolute Gasteiger partial charge is 0.261 e. The first-order valence-corrected chi connectivity index (χ1v) is 9.48. The van der Waals surface area contributed by atoms with Crippen LogP contribution in [0.4, 0.5) is 4.39 Å². The lowest BCUT2D eigenvalue weighted by atomic mass is 10.2. The van der Waals surface area contributed by atoms with Gasteiger partial charge in [0.25, 0.3) is 9.05 Å². The van der Waals surface area contributed by atoms with Crippen LogP contribution in [0.2, 0.25) is 0 Å². The highest BCUT2D eigenvalue weighted by Gasteiger charge is 2.16. The summed E-state index contributed by atoms with van der Waals surface area (Å²) in [6.07, 6.45) is 0. The van der Waals surface area contributed by atoms with Crippen molar-refractivity contribution in [3.05, 3.63) is 56.7 Å². The molecule has 3 nitrogen and oxygen atoms in total. The van der Waals surface area contributed by atoms with Gasteiger partial charge >= 0.3 is 0 Å². The Labute approximate surface area is 142 Å². The van der Waals surface area contributed by atoms with Crippen LogP contribution in [-0.4, -0.2) is 8.42 Å². The molecule has 21 heavy (non-hydrogen) atoms. The molecule has 0 aliphatic rings. The Kier molecular flexibility index (Phi) is 5.29. The normalized spacial score (nSPS) is 11.4. The minimum atomic E-state index is -3.83. The Hall–Kier alpha value is -0.630. The number of benzene rings is 2. The first kappa shape index (κ1) is 16.7. The van der Waals surface area contributed by atoms with Gasteiger partial charge in [0.1, 0.15) is 18.2 Å². The molecule has 0 aliphatic heterocycles. The molecule has 0 saturated heterocycles. The summed E-state index contributed by atoms with van der Waals surface area (Å²) < 4.78 is 42.1. The van der Waals surface area contributed by atoms with Crippen LogP contribution in [0.1, 0.15) is 5.56 Å². The molecule has 8 heteroatoms. The van der Waals surface area contributed by atoms with E-state index in [0.717, 1.165) is 0 Å². The highest BCUT2D eigenvalue weighted by atomic mass is 79.9. The van der Waals surface area contributed by atoms with E-state index in [1.54, 1.807) is 12.1 Å². The van der Waals surface area contributed by atoms with E-state index in [-0.39, 0.29) is 17.3 Å². The fraction of sp³-hybridized carbons (Fsp3) is 0.0769. The van der Waals surface area contributed by atoms with Gasteiger partial charge in [-0.25, -0.2) is 12.8 Å². The van der Waals surface area contributed by atoms with Gasteiger partial charge in [-0.1, -0.05) is 12.1 Å². The van der Waals surface area contributed by atoms with Crippen LogP contribution in [0.25, 0.3) is 0 Å². The first-order chi connectivity index (χ1) is 9.77. The molecular formula is C13H8Br2ClFO3S. The Balaban J connectivity index is 2.25. The fourth-order valence-electron chi connectivity index (χ4n) is 1.60. The number of hydrogen-bond acceptors (Lipinski definition) is 3. The van der Waals surface area contributed by atoms with E-state index in [2.05, 4.69) is 31.9 Å². The summed E-state index contributed by atoms with van der Waals surface area (Å²) in [6, 6.07) is 8.70. The summed E-state index contributed by atoms with van der Waals surface area (Å²) >= 11 is 6.45. The molecule has 2 rings (SSSR count). The van der Waals surface area contributed by atoms with Crippen molar-refractivity contribution >= 4 is 51.6 Å². The summed E-state index contributed by atoms with van der Waals surface area (Å²) in [5.74, 6) is 0.0566. The second-order valence-corrected chi connectivity index (χ2v) is 8.35. The Morgan fingerprint density at radius 3 is 2.29 bits per heavy atom. The number of ether oxygens (including phenoxy) is 1. The molecule has 2 aromatic rings. The quantitative estimate of drug-likeness (QED) is 0.615. The lowest BCUT2D eigenvalue weighted by Crippen LogP contribution is -1.99. The SMILES string of the molecule is O=S(=O)(Cl)c1cc(Br)c(OCc2cccc(F)c2)c(Br)c1. The average Bonchev–Trinajstić information content (AvgIpc) is 2.36. The van der Waals surface area contributed by atoms with Crippen LogP contribution in [0.5, 0.6) is 5.75 Å². The second kappa shape index (κ2) is 6.64. The fourth-order valence-corrected chi connectivity index (χ4v) is 4.10. The van der Waals surface area contributed by atoms with Crippen LogP contribution in [0.15, 0.2) is 50.2 Å². The zero-order chi connectivity index (χ0) is 15.6. The molecule has 0 heterocycles. The summed E-state index contributed by atoms with van der Waals surface area (Å²) in [4.78, 5) is -0.0546. The van der Waals surface area contributed by atoms with Crippen LogP contribution in [0.3, 0.4) is 0 Å². The minimum Gasteiger partial charge on any atom is -0.487 e. The molecule has 0 unspecified atom stereocenters. The van der Waals surface area contributed by atoms with Crippen molar-refractivity contribution in [2.75, 3.05) is 0 Å². The maximum Gasteiger partial charge on any atom is 0.261 e. The highest BCUT2D eigenvalue weighted by Crippen LogP contribution is 2.37. The van der Waals surface area contributed by atoms with Crippen molar-refractivity contribution in [2.24, 2.45) is 0 Å². The third kappa shape index (κ3) is 4.42. The van der Waals surface area contributed by atoms with Gasteiger partial charge in [-0.05, 0) is 61.7 Å². The Morgan fingerprint density at radius 1 is 1.14 bits per heavy atom. The van der Waals surface area contributed by atoms with E-state index in [0.29, 0.717) is 20.3 Å². The summed E-state index contributed by atoms with van der Waals surface area (Å²) in [7, 11) is 1.46. The van der Waals surface area contributed by atoms with E-state index in [1.165, 1.54) is 24.3 Å². The predicted molar refractivity (Wildman–Crippen MR) is 85.6 cm³/mol. The van der Waals surface area contributed by atoms with Gasteiger partial charge < -0.3 is 4.74 Å². The Bertz CT molecular complexity index is 758. The average molecular weight is 459 g/mol. The molecule has 0 aromatic heterocycles. The van der Waals surface area contributed by atoms with Crippen molar-refractivity contribution in [3.63, 3.8) is 0 Å². The zero-order valence-corrected chi connectivity index (χ0v) is 15.1. The second-order valence-electron chi connectivity index (χ2n) is 4.07. The number of rotatable bonds is 4. The van der Waals surface area contributed by atoms with Crippen molar-refractivity contribution in [2.45, 2.75) is 11.5 Å². The molecule has 0 fully saturated rings. The maximum absolute atomic E-state index is 13.1. The highest BCUT2D eigenvalue weighted by molar-refractivity contribution is 9.11. The van der Waals surface area contributed by atoms with E-state index >= 15 is 0 Å². The van der Waals surface area contributed by atoms with Gasteiger partial charge in [0.2, 0.25) is 0 Å². The van der Waals surface area contributed by atoms with Crippen LogP contribution in [0, 0.1) is 5.82 Å². The van der Waals surface area contributed by atoms with Gasteiger partial charge in [0.05, 0.1) is 13.8 Å². The molecule has 0 spiro atoms. The van der Waals surface area contributed by atoms with Crippen molar-refractivity contribution in [1.82, 2.24) is 0 Å². The third-order valence-electron chi connectivity index (χ3n) is 2.53. The van der Waals surface area contributed by atoms with Gasteiger partial charge in [-0.3, -0.25) is 0 Å². The molecule has 0 amide bonds. The van der Waals surface area contributed by atoms with Crippen LogP contribution in [-0.2, 0) is 15.7 Å². The largest absolute Gasteiger partial charge is 0.487 e. The van der Waals surface area contributed by atoms with E-state index in [4.69, 9.17) is 15.4 Å². The van der Waals surface area contributed by atoms with Gasteiger partial charge in [-0.15, -0.1) is 0 Å². The van der Waals surface area contributed by atoms with Gasteiger partial charge in [-0.2, -0.15) is 0 Å². The first-order valence-electron chi connectivity index (χ1n) is 5.58. The van der Waals surface area contributed by atoms with Crippen molar-refractivity contribution in [1.29, 1.82) is 0 Å². The lowest BCUT2D eigenvalue weighted by Gasteiger charge is -2.11. The number of hydrogen-bond donors (Lipinski definition) is 0. The zero-order valence-electron chi connectivity index (χ0n) is 10.3. The van der Waals surface area contributed by atoms with E-state index in [1.807, 2.05) is 0 Å². The molecule has 0 radical (unpaired) electrons. The van der Waals surface area contributed by atoms with Gasteiger partial charge in [0, 0.05) is 10.7 Å². The lowest BCUT2D eigenvalue weighted by molar-refractivity contribution is 0.301. The predicted octanol–water partition coefficient (Wildman–Crippen LogP) is 4.86. The minimum absolute atomic E-state index is 0.0546. The molecule has 2 aromatic carbocycles. The molecule has 112 valence electrons. The molecule has 0 N–H and O–H groups in total. The molecule has 0 aliphatic carbocycles. The third-order valence-corrected chi connectivity index (χ3v) is 5.04. The van der Waals surface area contributed by atoms with Crippen LogP contribution >= 0.6 is 42.5 Å². The molecular weight excluding hydrogens is 450 g/mol. The Morgan fingerprint density at radius 2 is 1.76 bits per heavy atom. The number of halogens is 4. The monoisotopic (exact) mass is 456 g/mol. The summed E-state index contributed by atoms with van der Waals surface area (Å²) in [6.45, 7) is 0.141.